The van der Waals surface area contributed by atoms with E-state index in [1.807, 2.05) is 0 Å². The Morgan fingerprint density at radius 3 is 0.872 bits per heavy atom. The van der Waals surface area contributed by atoms with Gasteiger partial charge >= 0.3 is 0 Å². The fourth-order valence-corrected chi connectivity index (χ4v) is 5.64. The molecule has 0 saturated heterocycles. The number of rotatable bonds is 32. The quantitative estimate of drug-likeness (QED) is 0.0813. The average Bonchev–Trinajstić information content (AvgIpc) is 2.93. The summed E-state index contributed by atoms with van der Waals surface area (Å²) in [4.78, 5) is 0. The number of aliphatic hydroxyl groups is 2. The summed E-state index contributed by atoms with van der Waals surface area (Å²) in [5.74, 6) is 0.535. The molecule has 0 aromatic heterocycles. The van der Waals surface area contributed by atoms with Crippen LogP contribution in [0, 0.1) is 11.8 Å². The van der Waals surface area contributed by atoms with Crippen LogP contribution in [0.15, 0.2) is 0 Å². The standard InChI is InChI=1S/C36H74O3/c1-5-7-9-11-13-15-17-19-21-23-25-27-29-33(3)35(37)31-39-32-36(38)34(4)30-28-26-24-22-20-18-16-14-12-10-8-6-2/h33-38H,5-32H2,1-4H3. The van der Waals surface area contributed by atoms with Crippen molar-refractivity contribution < 1.29 is 14.9 Å². The molecule has 0 fully saturated rings. The maximum absolute atomic E-state index is 10.5. The lowest BCUT2D eigenvalue weighted by Crippen LogP contribution is -2.29. The third-order valence-corrected chi connectivity index (χ3v) is 8.92. The van der Waals surface area contributed by atoms with Crippen molar-refractivity contribution in [3.8, 4) is 0 Å². The summed E-state index contributed by atoms with van der Waals surface area (Å²) in [5.41, 5.74) is 0. The minimum absolute atomic E-state index is 0.267. The van der Waals surface area contributed by atoms with E-state index >= 15 is 0 Å². The van der Waals surface area contributed by atoms with Crippen LogP contribution in [0.4, 0.5) is 0 Å². The molecule has 0 aliphatic carbocycles. The molecule has 0 aliphatic rings. The smallest absolute Gasteiger partial charge is 0.0799 e. The molecule has 0 saturated carbocycles. The maximum Gasteiger partial charge on any atom is 0.0799 e. The highest BCUT2D eigenvalue weighted by molar-refractivity contribution is 4.67. The first kappa shape index (κ1) is 38.9. The van der Waals surface area contributed by atoms with Gasteiger partial charge in [-0.15, -0.1) is 0 Å². The van der Waals surface area contributed by atoms with E-state index in [0.29, 0.717) is 13.2 Å². The van der Waals surface area contributed by atoms with Gasteiger partial charge in [-0.2, -0.15) is 0 Å². The van der Waals surface area contributed by atoms with E-state index in [9.17, 15) is 10.2 Å². The second kappa shape index (κ2) is 30.8. The van der Waals surface area contributed by atoms with Crippen LogP contribution < -0.4 is 0 Å². The zero-order chi connectivity index (χ0) is 28.8. The van der Waals surface area contributed by atoms with Crippen molar-refractivity contribution in [3.05, 3.63) is 0 Å². The fraction of sp³-hybridized carbons (Fsp3) is 1.00. The van der Waals surface area contributed by atoms with Crippen molar-refractivity contribution in [1.82, 2.24) is 0 Å². The van der Waals surface area contributed by atoms with Crippen molar-refractivity contribution in [1.29, 1.82) is 0 Å². The number of unbranched alkanes of at least 4 members (excludes halogenated alkanes) is 22. The van der Waals surface area contributed by atoms with Crippen LogP contribution >= 0.6 is 0 Å². The molecule has 0 aromatic rings. The first-order valence-electron chi connectivity index (χ1n) is 18.0. The van der Waals surface area contributed by atoms with Gasteiger partial charge in [-0.1, -0.05) is 182 Å². The van der Waals surface area contributed by atoms with Gasteiger partial charge in [0.1, 0.15) is 0 Å². The van der Waals surface area contributed by atoms with Gasteiger partial charge < -0.3 is 14.9 Å². The van der Waals surface area contributed by atoms with Gasteiger partial charge in [-0.05, 0) is 24.7 Å². The van der Waals surface area contributed by atoms with Gasteiger partial charge in [-0.3, -0.25) is 0 Å². The van der Waals surface area contributed by atoms with Gasteiger partial charge in [0, 0.05) is 0 Å². The summed E-state index contributed by atoms with van der Waals surface area (Å²) in [5, 5.41) is 20.9. The SMILES string of the molecule is CCCCCCCCCCCCCCC(C)C(O)COCC(O)C(C)CCCCCCCCCCCCCC. The van der Waals surface area contributed by atoms with E-state index in [4.69, 9.17) is 4.74 Å². The number of aliphatic hydroxyl groups excluding tert-OH is 2. The molecule has 0 bridgehead atoms. The largest absolute Gasteiger partial charge is 0.390 e. The van der Waals surface area contributed by atoms with Crippen molar-refractivity contribution in [2.75, 3.05) is 13.2 Å². The molecule has 0 radical (unpaired) electrons. The Bertz CT molecular complexity index is 415. The molecule has 0 aromatic carbocycles. The highest BCUT2D eigenvalue weighted by Gasteiger charge is 2.17. The molecule has 39 heavy (non-hydrogen) atoms. The maximum atomic E-state index is 10.5. The van der Waals surface area contributed by atoms with Gasteiger partial charge in [0.25, 0.3) is 0 Å². The summed E-state index contributed by atoms with van der Waals surface area (Å²) in [7, 11) is 0. The number of ether oxygens (including phenoxy) is 1. The number of hydrogen-bond donors (Lipinski definition) is 2. The molecule has 3 nitrogen and oxygen atoms in total. The average molecular weight is 555 g/mol. The van der Waals surface area contributed by atoms with Crippen LogP contribution in [0.25, 0.3) is 0 Å². The highest BCUT2D eigenvalue weighted by Crippen LogP contribution is 2.19. The van der Waals surface area contributed by atoms with E-state index in [1.165, 1.54) is 154 Å². The van der Waals surface area contributed by atoms with Crippen molar-refractivity contribution in [2.45, 2.75) is 207 Å². The van der Waals surface area contributed by atoms with Gasteiger partial charge in [0.05, 0.1) is 25.4 Å². The fourth-order valence-electron chi connectivity index (χ4n) is 5.64. The second-order valence-electron chi connectivity index (χ2n) is 13.0. The van der Waals surface area contributed by atoms with Gasteiger partial charge in [-0.25, -0.2) is 0 Å². The van der Waals surface area contributed by atoms with Crippen LogP contribution in [0.1, 0.15) is 195 Å². The van der Waals surface area contributed by atoms with E-state index in [2.05, 4.69) is 27.7 Å². The predicted octanol–water partition coefficient (Wildman–Crippen LogP) is 11.2. The topological polar surface area (TPSA) is 49.7 Å². The molecule has 0 heterocycles. The zero-order valence-electron chi connectivity index (χ0n) is 27.4. The van der Waals surface area contributed by atoms with Crippen LogP contribution in [-0.2, 0) is 4.74 Å². The molecule has 0 spiro atoms. The van der Waals surface area contributed by atoms with E-state index < -0.39 is 12.2 Å². The third kappa shape index (κ3) is 27.8. The van der Waals surface area contributed by atoms with E-state index in [0.717, 1.165) is 12.8 Å². The second-order valence-corrected chi connectivity index (χ2v) is 13.0. The minimum atomic E-state index is -0.420. The van der Waals surface area contributed by atoms with Crippen LogP contribution in [0.3, 0.4) is 0 Å². The monoisotopic (exact) mass is 555 g/mol. The van der Waals surface area contributed by atoms with Crippen LogP contribution in [-0.4, -0.2) is 35.6 Å². The van der Waals surface area contributed by atoms with Crippen molar-refractivity contribution in [3.63, 3.8) is 0 Å². The lowest BCUT2D eigenvalue weighted by molar-refractivity contribution is -0.0390. The normalized spacial score (nSPS) is 14.9. The van der Waals surface area contributed by atoms with Crippen molar-refractivity contribution in [2.24, 2.45) is 11.8 Å². The Kier molecular flexibility index (Phi) is 30.7. The Balaban J connectivity index is 3.53. The van der Waals surface area contributed by atoms with Gasteiger partial charge in [0.15, 0.2) is 0 Å². The Hall–Kier alpha value is -0.120. The lowest BCUT2D eigenvalue weighted by Gasteiger charge is -2.22. The van der Waals surface area contributed by atoms with Crippen LogP contribution in [0.2, 0.25) is 0 Å². The molecule has 3 heteroatoms. The van der Waals surface area contributed by atoms with E-state index in [-0.39, 0.29) is 11.8 Å². The Morgan fingerprint density at radius 2 is 0.615 bits per heavy atom. The molecule has 0 rings (SSSR count). The first-order chi connectivity index (χ1) is 19.0. The molecular formula is C36H74O3. The summed E-state index contributed by atoms with van der Waals surface area (Å²) >= 11 is 0. The Labute approximate surface area is 246 Å². The molecule has 4 unspecified atom stereocenters. The zero-order valence-corrected chi connectivity index (χ0v) is 27.4. The Morgan fingerprint density at radius 1 is 0.385 bits per heavy atom. The summed E-state index contributed by atoms with van der Waals surface area (Å²) in [6, 6.07) is 0. The molecule has 0 amide bonds. The van der Waals surface area contributed by atoms with E-state index in [1.54, 1.807) is 0 Å². The minimum Gasteiger partial charge on any atom is -0.390 e. The highest BCUT2D eigenvalue weighted by atomic mass is 16.5. The summed E-state index contributed by atoms with van der Waals surface area (Å²) in [6.45, 7) is 9.54. The molecule has 4 atom stereocenters. The third-order valence-electron chi connectivity index (χ3n) is 8.92. The van der Waals surface area contributed by atoms with Crippen LogP contribution in [0.5, 0.6) is 0 Å². The summed E-state index contributed by atoms with van der Waals surface area (Å²) < 4.78 is 5.73. The van der Waals surface area contributed by atoms with Gasteiger partial charge in [0.2, 0.25) is 0 Å². The molecule has 2 N–H and O–H groups in total. The number of hydrogen-bond acceptors (Lipinski definition) is 3. The molecule has 236 valence electrons. The molecule has 0 aliphatic heterocycles. The lowest BCUT2D eigenvalue weighted by atomic mass is 9.96. The molecular weight excluding hydrogens is 480 g/mol. The first-order valence-corrected chi connectivity index (χ1v) is 18.0. The summed E-state index contributed by atoms with van der Waals surface area (Å²) in [6.07, 6.45) is 34.1. The van der Waals surface area contributed by atoms with Crippen molar-refractivity contribution >= 4 is 0 Å². The predicted molar refractivity (Wildman–Crippen MR) is 173 cm³/mol.